The molecule has 1 atom stereocenters. The van der Waals surface area contributed by atoms with Gasteiger partial charge in [-0.05, 0) is 34.6 Å². The highest BCUT2D eigenvalue weighted by molar-refractivity contribution is 7.59. The van der Waals surface area contributed by atoms with Crippen LogP contribution in [0.2, 0.25) is 0 Å². The van der Waals surface area contributed by atoms with Gasteiger partial charge in [0.2, 0.25) is 7.60 Å². The Morgan fingerprint density at radius 2 is 1.32 bits per heavy atom. The quantitative estimate of drug-likeness (QED) is 0.698. The van der Waals surface area contributed by atoms with Crippen LogP contribution < -0.4 is 10.6 Å². The van der Waals surface area contributed by atoms with Crippen molar-refractivity contribution in [2.75, 3.05) is 19.8 Å². The van der Waals surface area contributed by atoms with Gasteiger partial charge >= 0.3 is 7.60 Å². The van der Waals surface area contributed by atoms with E-state index in [9.17, 15) is 14.0 Å². The van der Waals surface area contributed by atoms with Crippen molar-refractivity contribution in [1.82, 2.24) is 0 Å². The molecule has 0 radical (unpaired) electrons. The second-order valence-electron chi connectivity index (χ2n) is 3.84. The predicted molar refractivity (Wildman–Crippen MR) is 79.3 cm³/mol. The molecule has 0 rings (SSSR count). The Hall–Kier alpha value is -0.760. The molecule has 0 aliphatic rings. The second-order valence-corrected chi connectivity index (χ2v) is 7.01. The molecule has 9 nitrogen and oxygen atoms in total. The SMILES string of the molecule is CC(C)[NH3+].CCOP(=O)(C#N)OCC.CCOP(=O)([O-])C#N. The molecule has 0 heterocycles. The Morgan fingerprint density at radius 3 is 1.45 bits per heavy atom. The first-order valence-electron chi connectivity index (χ1n) is 6.54. The molecule has 0 saturated heterocycles. The third-order valence-corrected chi connectivity index (χ3v) is 3.43. The van der Waals surface area contributed by atoms with E-state index in [1.807, 2.05) is 0 Å². The number of rotatable bonds is 6. The van der Waals surface area contributed by atoms with Gasteiger partial charge in [0, 0.05) is 0 Å². The molecule has 3 N–H and O–H groups in total. The van der Waals surface area contributed by atoms with Crippen molar-refractivity contribution < 1.29 is 33.3 Å². The summed E-state index contributed by atoms with van der Waals surface area (Å²) in [6, 6.07) is 0.583. The fourth-order valence-electron chi connectivity index (χ4n) is 0.634. The lowest BCUT2D eigenvalue weighted by atomic mass is 10.5. The molecule has 0 spiro atoms. The van der Waals surface area contributed by atoms with E-state index in [1.54, 1.807) is 13.8 Å². The molecule has 0 saturated carbocycles. The van der Waals surface area contributed by atoms with Gasteiger partial charge in [0.15, 0.2) is 5.81 Å². The molecular weight excluding hydrogens is 332 g/mol. The van der Waals surface area contributed by atoms with Crippen LogP contribution in [0.15, 0.2) is 0 Å². The van der Waals surface area contributed by atoms with Gasteiger partial charge in [-0.3, -0.25) is 13.6 Å². The molecule has 0 bridgehead atoms. The molecule has 0 aromatic carbocycles. The lowest BCUT2D eigenvalue weighted by Gasteiger charge is -2.11. The van der Waals surface area contributed by atoms with Crippen LogP contribution in [0.5, 0.6) is 0 Å². The first-order valence-corrected chi connectivity index (χ1v) is 9.63. The van der Waals surface area contributed by atoms with Gasteiger partial charge in [0.05, 0.1) is 25.9 Å². The normalized spacial score (nSPS) is 12.6. The zero-order valence-electron chi connectivity index (χ0n) is 13.6. The summed E-state index contributed by atoms with van der Waals surface area (Å²) in [6.07, 6.45) is 0. The maximum Gasteiger partial charge on any atom is 0.431 e. The number of quaternary nitrogens is 1. The van der Waals surface area contributed by atoms with Crippen LogP contribution in [0.3, 0.4) is 0 Å². The van der Waals surface area contributed by atoms with Gasteiger partial charge in [0.25, 0.3) is 0 Å². The van der Waals surface area contributed by atoms with E-state index in [0.717, 1.165) is 5.81 Å². The van der Waals surface area contributed by atoms with Crippen LogP contribution in [0, 0.1) is 22.1 Å². The minimum atomic E-state index is -4.12. The van der Waals surface area contributed by atoms with Crippen LogP contribution in [0.1, 0.15) is 34.6 Å². The molecule has 0 amide bonds. The molecule has 11 heteroatoms. The van der Waals surface area contributed by atoms with Gasteiger partial charge in [-0.1, -0.05) is 0 Å². The summed E-state index contributed by atoms with van der Waals surface area (Å²) >= 11 is 0. The number of nitrogens with zero attached hydrogens (tertiary/aromatic N) is 2. The molecule has 0 aliphatic heterocycles. The van der Waals surface area contributed by atoms with Crippen molar-refractivity contribution >= 4 is 15.2 Å². The summed E-state index contributed by atoms with van der Waals surface area (Å²) in [5.41, 5.74) is 3.64. The molecule has 0 aromatic heterocycles. The average molecular weight is 357 g/mol. The Kier molecular flexibility index (Phi) is 18.0. The fourth-order valence-corrected chi connectivity index (χ4v) is 1.90. The largest absolute Gasteiger partial charge is 0.767 e. The highest BCUT2D eigenvalue weighted by Gasteiger charge is 2.21. The van der Waals surface area contributed by atoms with Gasteiger partial charge < -0.3 is 15.2 Å². The molecule has 0 aliphatic carbocycles. The summed E-state index contributed by atoms with van der Waals surface area (Å²) in [7, 11) is -7.51. The summed E-state index contributed by atoms with van der Waals surface area (Å²) in [5.74, 6) is 2.51. The van der Waals surface area contributed by atoms with Crippen molar-refractivity contribution in [3.05, 3.63) is 0 Å². The van der Waals surface area contributed by atoms with Gasteiger partial charge in [-0.2, -0.15) is 10.5 Å². The summed E-state index contributed by atoms with van der Waals surface area (Å²) in [6.45, 7) is 9.40. The smallest absolute Gasteiger partial charge is 0.431 e. The molecular formula is C11H25N3O6P2. The van der Waals surface area contributed by atoms with Crippen molar-refractivity contribution in [3.63, 3.8) is 0 Å². The zero-order chi connectivity index (χ0) is 18.2. The summed E-state index contributed by atoms with van der Waals surface area (Å²) in [4.78, 5) is 10.0. The Balaban J connectivity index is -0.000000269. The van der Waals surface area contributed by atoms with Crippen molar-refractivity contribution in [2.24, 2.45) is 0 Å². The third kappa shape index (κ3) is 21.5. The average Bonchev–Trinajstić information content (AvgIpc) is 2.39. The van der Waals surface area contributed by atoms with E-state index in [1.165, 1.54) is 12.7 Å². The summed E-state index contributed by atoms with van der Waals surface area (Å²) in [5, 5.41) is 16.1. The van der Waals surface area contributed by atoms with Gasteiger partial charge in [-0.25, -0.2) is 4.57 Å². The molecule has 130 valence electrons. The van der Waals surface area contributed by atoms with E-state index in [4.69, 9.17) is 10.5 Å². The van der Waals surface area contributed by atoms with E-state index >= 15 is 0 Å². The lowest BCUT2D eigenvalue weighted by Crippen LogP contribution is -2.57. The monoisotopic (exact) mass is 357 g/mol. The standard InChI is InChI=1S/C5H10NO3P.C3H6NO3P.C3H9N/c1-3-8-10(7,5-6)9-4-2;1-2-7-8(5,6)3-4;1-3(2)4/h3-4H2,1-2H3;2H2,1H3,(H,5,6);3H,4H2,1-2H3. The van der Waals surface area contributed by atoms with Crippen LogP contribution in [0.4, 0.5) is 0 Å². The second kappa shape index (κ2) is 15.1. The third-order valence-electron chi connectivity index (χ3n) is 1.14. The molecule has 0 aromatic rings. The van der Waals surface area contributed by atoms with Crippen molar-refractivity contribution in [3.8, 4) is 11.6 Å². The number of nitriles is 2. The summed E-state index contributed by atoms with van der Waals surface area (Å²) < 4.78 is 34.2. The van der Waals surface area contributed by atoms with Crippen molar-refractivity contribution in [2.45, 2.75) is 40.7 Å². The predicted octanol–water partition coefficient (Wildman–Crippen LogP) is 1.43. The maximum atomic E-state index is 11.0. The van der Waals surface area contributed by atoms with E-state index in [-0.39, 0.29) is 19.8 Å². The zero-order valence-corrected chi connectivity index (χ0v) is 15.4. The van der Waals surface area contributed by atoms with E-state index in [2.05, 4.69) is 33.2 Å². The Bertz CT molecular complexity index is 431. The van der Waals surface area contributed by atoms with E-state index in [0.29, 0.717) is 6.04 Å². The van der Waals surface area contributed by atoms with Crippen LogP contribution >= 0.6 is 15.2 Å². The lowest BCUT2D eigenvalue weighted by molar-refractivity contribution is -0.407. The fraction of sp³-hybridized carbons (Fsp3) is 0.818. The molecule has 1 unspecified atom stereocenters. The highest BCUT2D eigenvalue weighted by atomic mass is 31.2. The highest BCUT2D eigenvalue weighted by Crippen LogP contribution is 2.46. The minimum absolute atomic E-state index is 0.0222. The number of hydrogen-bond donors (Lipinski definition) is 1. The van der Waals surface area contributed by atoms with Crippen LogP contribution in [0.25, 0.3) is 0 Å². The Morgan fingerprint density at radius 1 is 1.00 bits per heavy atom. The first-order chi connectivity index (χ1) is 10.0. The van der Waals surface area contributed by atoms with Crippen molar-refractivity contribution in [1.29, 1.82) is 10.5 Å². The molecule has 0 fully saturated rings. The number of hydrogen-bond acceptors (Lipinski definition) is 8. The van der Waals surface area contributed by atoms with E-state index < -0.39 is 15.2 Å². The van der Waals surface area contributed by atoms with Gasteiger partial charge in [-0.15, -0.1) is 0 Å². The Labute approximate surface area is 132 Å². The van der Waals surface area contributed by atoms with Crippen LogP contribution in [-0.4, -0.2) is 25.9 Å². The maximum absolute atomic E-state index is 11.0. The molecule has 22 heavy (non-hydrogen) atoms. The topological polar surface area (TPSA) is 160 Å². The van der Waals surface area contributed by atoms with Crippen LogP contribution in [-0.2, 0) is 22.7 Å². The minimum Gasteiger partial charge on any atom is -0.767 e. The van der Waals surface area contributed by atoms with Gasteiger partial charge in [0.1, 0.15) is 5.81 Å². The first kappa shape index (κ1) is 26.2.